The normalized spacial score (nSPS) is 24.1. The highest BCUT2D eigenvalue weighted by Gasteiger charge is 2.46. The van der Waals surface area contributed by atoms with Crippen molar-refractivity contribution in [1.82, 2.24) is 14.4 Å². The van der Waals surface area contributed by atoms with Gasteiger partial charge in [0.2, 0.25) is 5.91 Å². The average Bonchev–Trinajstić information content (AvgIpc) is 3.33. The number of fused-ring (bicyclic) bond motifs is 7. The Bertz CT molecular complexity index is 1350. The maximum Gasteiger partial charge on any atom is 0.335 e. The van der Waals surface area contributed by atoms with Crippen LogP contribution in [0.4, 0.5) is 0 Å². The molecule has 3 aromatic rings. The Hall–Kier alpha value is -3.12. The molecule has 1 saturated heterocycles. The molecule has 0 spiro atoms. The van der Waals surface area contributed by atoms with Crippen LogP contribution >= 0.6 is 0 Å². The van der Waals surface area contributed by atoms with Crippen LogP contribution in [0.2, 0.25) is 0 Å². The topological polar surface area (TPSA) is 65.8 Å². The van der Waals surface area contributed by atoms with Crippen molar-refractivity contribution in [2.75, 3.05) is 21.1 Å². The minimum absolute atomic E-state index is 0.145. The third-order valence-corrected chi connectivity index (χ3v) is 8.94. The summed E-state index contributed by atoms with van der Waals surface area (Å²) in [7, 11) is 5.76. The van der Waals surface area contributed by atoms with Crippen LogP contribution in [0.1, 0.15) is 72.0 Å². The molecule has 1 aliphatic carbocycles. The lowest BCUT2D eigenvalue weighted by Gasteiger charge is -2.29. The fourth-order valence-electron chi connectivity index (χ4n) is 7.33. The Kier molecular flexibility index (Phi) is 5.67. The largest absolute Gasteiger partial charge is 0.478 e. The summed E-state index contributed by atoms with van der Waals surface area (Å²) in [6.45, 7) is 0.780. The van der Waals surface area contributed by atoms with Gasteiger partial charge in [-0.3, -0.25) is 9.69 Å². The van der Waals surface area contributed by atoms with E-state index in [-0.39, 0.29) is 23.9 Å². The first-order valence-corrected chi connectivity index (χ1v) is 13.3. The van der Waals surface area contributed by atoms with Crippen molar-refractivity contribution >= 4 is 22.8 Å². The van der Waals surface area contributed by atoms with Crippen molar-refractivity contribution < 1.29 is 14.7 Å². The number of carbonyl (C=O) groups is 2. The molecule has 6 nitrogen and oxygen atoms in total. The number of rotatable bonds is 3. The second kappa shape index (κ2) is 8.77. The summed E-state index contributed by atoms with van der Waals surface area (Å²) >= 11 is 0. The van der Waals surface area contributed by atoms with Crippen molar-refractivity contribution in [1.29, 1.82) is 0 Å². The van der Waals surface area contributed by atoms with Gasteiger partial charge in [0, 0.05) is 43.1 Å². The molecule has 1 N–H and O–H groups in total. The minimum atomic E-state index is -0.893. The van der Waals surface area contributed by atoms with Gasteiger partial charge in [0.25, 0.3) is 0 Å². The van der Waals surface area contributed by atoms with Gasteiger partial charge in [-0.1, -0.05) is 49.6 Å². The number of likely N-dealkylation sites (tertiary alicyclic amines) is 1. The Morgan fingerprint density at radius 3 is 2.50 bits per heavy atom. The molecule has 2 fully saturated rings. The van der Waals surface area contributed by atoms with Gasteiger partial charge in [-0.2, -0.15) is 0 Å². The van der Waals surface area contributed by atoms with Crippen LogP contribution < -0.4 is 0 Å². The van der Waals surface area contributed by atoms with Crippen molar-refractivity contribution in [2.45, 2.75) is 63.1 Å². The number of carboxylic acid groups (broad SMARTS) is 1. The third kappa shape index (κ3) is 3.49. The molecule has 3 atom stereocenters. The number of aromatic carboxylic acids is 1. The Labute approximate surface area is 212 Å². The zero-order valence-electron chi connectivity index (χ0n) is 21.4. The average molecular weight is 486 g/mol. The van der Waals surface area contributed by atoms with E-state index in [0.29, 0.717) is 11.5 Å². The van der Waals surface area contributed by atoms with Gasteiger partial charge in [-0.25, -0.2) is 4.79 Å². The van der Waals surface area contributed by atoms with E-state index in [4.69, 9.17) is 0 Å². The lowest BCUT2D eigenvalue weighted by Crippen LogP contribution is -2.41. The van der Waals surface area contributed by atoms with Gasteiger partial charge in [-0.05, 0) is 61.4 Å². The molecule has 1 aromatic heterocycles. The van der Waals surface area contributed by atoms with Crippen LogP contribution in [0, 0.1) is 5.92 Å². The molecule has 1 amide bonds. The molecule has 2 unspecified atom stereocenters. The van der Waals surface area contributed by atoms with Gasteiger partial charge in [0.05, 0.1) is 17.3 Å². The van der Waals surface area contributed by atoms with E-state index < -0.39 is 5.97 Å². The first-order chi connectivity index (χ1) is 17.4. The van der Waals surface area contributed by atoms with E-state index in [0.717, 1.165) is 18.5 Å². The molecule has 2 aliphatic heterocycles. The molecule has 0 bridgehead atoms. The zero-order chi connectivity index (χ0) is 25.1. The summed E-state index contributed by atoms with van der Waals surface area (Å²) in [6, 6.07) is 14.4. The molecule has 1 saturated carbocycles. The van der Waals surface area contributed by atoms with Crippen molar-refractivity contribution in [3.8, 4) is 11.3 Å². The van der Waals surface area contributed by atoms with Gasteiger partial charge in [0.1, 0.15) is 0 Å². The van der Waals surface area contributed by atoms with Crippen LogP contribution in [-0.2, 0) is 11.3 Å². The van der Waals surface area contributed by atoms with Gasteiger partial charge >= 0.3 is 5.97 Å². The van der Waals surface area contributed by atoms with Crippen molar-refractivity contribution in [3.63, 3.8) is 0 Å². The molecule has 6 rings (SSSR count). The molecule has 0 radical (unpaired) electrons. The fourth-order valence-corrected chi connectivity index (χ4v) is 7.33. The SMILES string of the molecule is CN(C)C(=O)[C@@H]1CC2Cn3c(c(C4CCCCC4)c4ccc(C(=O)O)cc43)-c3ccccc3C2N1C. The van der Waals surface area contributed by atoms with E-state index in [1.165, 1.54) is 59.9 Å². The zero-order valence-corrected chi connectivity index (χ0v) is 21.4. The maximum atomic E-state index is 13.1. The predicted octanol–water partition coefficient (Wildman–Crippen LogP) is 5.52. The molecule has 188 valence electrons. The monoisotopic (exact) mass is 485 g/mol. The minimum Gasteiger partial charge on any atom is -0.478 e. The number of aromatic nitrogens is 1. The molecular weight excluding hydrogens is 450 g/mol. The number of amides is 1. The summed E-state index contributed by atoms with van der Waals surface area (Å²) in [6.07, 6.45) is 6.94. The van der Waals surface area contributed by atoms with Gasteiger partial charge < -0.3 is 14.6 Å². The molecule has 6 heteroatoms. The molecule has 2 aromatic carbocycles. The number of likely N-dealkylation sites (N-methyl/N-ethyl adjacent to an activating group) is 2. The summed E-state index contributed by atoms with van der Waals surface area (Å²) < 4.78 is 2.41. The molecule has 3 heterocycles. The summed E-state index contributed by atoms with van der Waals surface area (Å²) in [5.41, 5.74) is 6.55. The predicted molar refractivity (Wildman–Crippen MR) is 141 cm³/mol. The molecular formula is C30H35N3O3. The first kappa shape index (κ1) is 23.3. The highest BCUT2D eigenvalue weighted by Crippen LogP contribution is 2.52. The lowest BCUT2D eigenvalue weighted by molar-refractivity contribution is -0.133. The number of carbonyl (C=O) groups excluding carboxylic acids is 1. The summed E-state index contributed by atoms with van der Waals surface area (Å²) in [5, 5.41) is 11.0. The number of hydrogen-bond acceptors (Lipinski definition) is 3. The van der Waals surface area contributed by atoms with E-state index >= 15 is 0 Å². The maximum absolute atomic E-state index is 13.1. The lowest BCUT2D eigenvalue weighted by atomic mass is 9.81. The second-order valence-corrected chi connectivity index (χ2v) is 11.2. The Balaban J connectivity index is 1.60. The van der Waals surface area contributed by atoms with E-state index in [9.17, 15) is 14.7 Å². The van der Waals surface area contributed by atoms with Gasteiger partial charge in [0.15, 0.2) is 0 Å². The van der Waals surface area contributed by atoms with E-state index in [2.05, 4.69) is 40.8 Å². The van der Waals surface area contributed by atoms with Gasteiger partial charge in [-0.15, -0.1) is 0 Å². The summed E-state index contributed by atoms with van der Waals surface area (Å²) in [5.74, 6) is 0.00192. The fraction of sp³-hybridized carbons (Fsp3) is 0.467. The van der Waals surface area contributed by atoms with E-state index in [1.54, 1.807) is 11.0 Å². The number of hydrogen-bond donors (Lipinski definition) is 1. The highest BCUT2D eigenvalue weighted by atomic mass is 16.4. The van der Waals surface area contributed by atoms with Crippen molar-refractivity contribution in [3.05, 3.63) is 59.2 Å². The number of benzene rings is 2. The summed E-state index contributed by atoms with van der Waals surface area (Å²) in [4.78, 5) is 29.0. The second-order valence-electron chi connectivity index (χ2n) is 11.2. The number of nitrogens with zero attached hydrogens (tertiary/aromatic N) is 3. The van der Waals surface area contributed by atoms with Crippen molar-refractivity contribution in [2.24, 2.45) is 5.92 Å². The van der Waals surface area contributed by atoms with Crippen LogP contribution in [0.15, 0.2) is 42.5 Å². The van der Waals surface area contributed by atoms with Crippen LogP contribution in [-0.4, -0.2) is 58.5 Å². The molecule has 3 aliphatic rings. The molecule has 36 heavy (non-hydrogen) atoms. The number of carboxylic acids is 1. The smallest absolute Gasteiger partial charge is 0.335 e. The standard InChI is InChI=1S/C30H35N3O3/c1-31(2)29(34)25-16-20-17-33-24-15-19(30(35)36)13-14-23(24)26(18-9-5-4-6-10-18)28(33)22-12-8-7-11-21(22)27(20)32(25)3/h7-8,11-15,18,20,25,27H,4-6,9-10,16-17H2,1-3H3,(H,35,36)/t20?,25-,27?/m0/s1. The Morgan fingerprint density at radius 1 is 1.03 bits per heavy atom. The first-order valence-electron chi connectivity index (χ1n) is 13.3. The van der Waals surface area contributed by atoms with Crippen LogP contribution in [0.25, 0.3) is 22.2 Å². The quantitative estimate of drug-likeness (QED) is 0.531. The van der Waals surface area contributed by atoms with Crippen LogP contribution in [0.5, 0.6) is 0 Å². The third-order valence-electron chi connectivity index (χ3n) is 8.94. The highest BCUT2D eigenvalue weighted by molar-refractivity contribution is 5.98. The van der Waals surface area contributed by atoms with E-state index in [1.807, 2.05) is 26.2 Å². The Morgan fingerprint density at radius 2 is 1.78 bits per heavy atom. The van der Waals surface area contributed by atoms with Crippen LogP contribution in [0.3, 0.4) is 0 Å².